The van der Waals surface area contributed by atoms with E-state index >= 15 is 0 Å². The van der Waals surface area contributed by atoms with Crippen LogP contribution in [0.4, 0.5) is 0 Å². The second-order valence-corrected chi connectivity index (χ2v) is 4.45. The summed E-state index contributed by atoms with van der Waals surface area (Å²) in [5.41, 5.74) is 2.25. The first-order valence-corrected chi connectivity index (χ1v) is 5.85. The third kappa shape index (κ3) is 1.59. The molecule has 0 aromatic carbocycles. The molecule has 84 valence electrons. The standard InChI is InChI=1S/C12H16N4/c1-16-12-10(8-15-16)6-9(7-14-12)11-4-2-3-5-13-11/h6-8,11,13H,2-5H2,1H3. The molecule has 0 bridgehead atoms. The van der Waals surface area contributed by atoms with Crippen LogP contribution in [0.2, 0.25) is 0 Å². The molecule has 3 rings (SSSR count). The SMILES string of the molecule is Cn1ncc2cc(C3CCCCN3)cnc21. The van der Waals surface area contributed by atoms with Crippen molar-refractivity contribution in [3.63, 3.8) is 0 Å². The predicted molar refractivity (Wildman–Crippen MR) is 63.1 cm³/mol. The first kappa shape index (κ1) is 9.78. The molecule has 4 heteroatoms. The second kappa shape index (κ2) is 3.87. The van der Waals surface area contributed by atoms with Crippen LogP contribution in [-0.2, 0) is 7.05 Å². The number of fused-ring (bicyclic) bond motifs is 1. The number of piperidine rings is 1. The van der Waals surface area contributed by atoms with E-state index in [0.717, 1.165) is 17.6 Å². The lowest BCUT2D eigenvalue weighted by Crippen LogP contribution is -2.26. The maximum Gasteiger partial charge on any atom is 0.157 e. The molecule has 0 saturated carbocycles. The van der Waals surface area contributed by atoms with Crippen LogP contribution in [0.1, 0.15) is 30.9 Å². The smallest absolute Gasteiger partial charge is 0.157 e. The quantitative estimate of drug-likeness (QED) is 0.790. The van der Waals surface area contributed by atoms with Gasteiger partial charge in [-0.2, -0.15) is 5.10 Å². The summed E-state index contributed by atoms with van der Waals surface area (Å²) in [5, 5.41) is 8.89. The Balaban J connectivity index is 1.97. The Bertz CT molecular complexity index is 497. The number of hydrogen-bond acceptors (Lipinski definition) is 3. The maximum absolute atomic E-state index is 4.48. The van der Waals surface area contributed by atoms with Crippen molar-refractivity contribution < 1.29 is 0 Å². The van der Waals surface area contributed by atoms with Crippen LogP contribution in [0.25, 0.3) is 11.0 Å². The number of aryl methyl sites for hydroxylation is 1. The molecule has 1 saturated heterocycles. The van der Waals surface area contributed by atoms with E-state index in [4.69, 9.17) is 0 Å². The van der Waals surface area contributed by atoms with Crippen LogP contribution in [0, 0.1) is 0 Å². The third-order valence-electron chi connectivity index (χ3n) is 3.31. The van der Waals surface area contributed by atoms with Gasteiger partial charge in [0.25, 0.3) is 0 Å². The van der Waals surface area contributed by atoms with Crippen LogP contribution in [-0.4, -0.2) is 21.3 Å². The van der Waals surface area contributed by atoms with Crippen molar-refractivity contribution >= 4 is 11.0 Å². The molecule has 4 nitrogen and oxygen atoms in total. The van der Waals surface area contributed by atoms with Gasteiger partial charge in [0.1, 0.15) is 0 Å². The molecule has 3 heterocycles. The van der Waals surface area contributed by atoms with Crippen LogP contribution < -0.4 is 5.32 Å². The molecule has 1 aliphatic heterocycles. The van der Waals surface area contributed by atoms with E-state index in [1.165, 1.54) is 24.8 Å². The number of nitrogens with zero attached hydrogens (tertiary/aromatic N) is 3. The van der Waals surface area contributed by atoms with E-state index in [1.807, 2.05) is 24.1 Å². The van der Waals surface area contributed by atoms with Crippen LogP contribution in [0.15, 0.2) is 18.5 Å². The molecule has 1 atom stereocenters. The molecular weight excluding hydrogens is 200 g/mol. The lowest BCUT2D eigenvalue weighted by atomic mass is 9.98. The van der Waals surface area contributed by atoms with Crippen molar-refractivity contribution in [2.45, 2.75) is 25.3 Å². The summed E-state index contributed by atoms with van der Waals surface area (Å²) in [6.07, 6.45) is 7.68. The molecule has 0 radical (unpaired) electrons. The van der Waals surface area contributed by atoms with Gasteiger partial charge in [-0.05, 0) is 31.0 Å². The Morgan fingerprint density at radius 3 is 3.12 bits per heavy atom. The number of rotatable bonds is 1. The van der Waals surface area contributed by atoms with Gasteiger partial charge in [0.15, 0.2) is 5.65 Å². The Morgan fingerprint density at radius 2 is 2.31 bits per heavy atom. The fourth-order valence-electron chi connectivity index (χ4n) is 2.39. The van der Waals surface area contributed by atoms with Crippen molar-refractivity contribution in [3.8, 4) is 0 Å². The number of aromatic nitrogens is 3. The highest BCUT2D eigenvalue weighted by Crippen LogP contribution is 2.24. The summed E-state index contributed by atoms with van der Waals surface area (Å²) in [4.78, 5) is 4.48. The summed E-state index contributed by atoms with van der Waals surface area (Å²) in [5.74, 6) is 0. The molecule has 0 aliphatic carbocycles. The van der Waals surface area contributed by atoms with E-state index in [9.17, 15) is 0 Å². The molecule has 0 amide bonds. The largest absolute Gasteiger partial charge is 0.310 e. The minimum atomic E-state index is 0.478. The van der Waals surface area contributed by atoms with Gasteiger partial charge in [0, 0.05) is 24.7 Å². The molecule has 1 fully saturated rings. The summed E-state index contributed by atoms with van der Waals surface area (Å²) < 4.78 is 1.81. The van der Waals surface area contributed by atoms with E-state index in [2.05, 4.69) is 21.5 Å². The second-order valence-electron chi connectivity index (χ2n) is 4.45. The van der Waals surface area contributed by atoms with Gasteiger partial charge >= 0.3 is 0 Å². The molecule has 1 unspecified atom stereocenters. The van der Waals surface area contributed by atoms with Gasteiger partial charge in [0.05, 0.1) is 6.20 Å². The first-order valence-electron chi connectivity index (χ1n) is 5.85. The first-order chi connectivity index (χ1) is 7.84. The summed E-state index contributed by atoms with van der Waals surface area (Å²) >= 11 is 0. The van der Waals surface area contributed by atoms with Crippen LogP contribution >= 0.6 is 0 Å². The Labute approximate surface area is 94.7 Å². The number of pyridine rings is 1. The summed E-state index contributed by atoms with van der Waals surface area (Å²) in [7, 11) is 1.92. The molecular formula is C12H16N4. The molecule has 1 N–H and O–H groups in total. The fraction of sp³-hybridized carbons (Fsp3) is 0.500. The van der Waals surface area contributed by atoms with Gasteiger partial charge < -0.3 is 5.32 Å². The number of nitrogens with one attached hydrogen (secondary N) is 1. The van der Waals surface area contributed by atoms with Crippen molar-refractivity contribution in [1.82, 2.24) is 20.1 Å². The average Bonchev–Trinajstić information content (AvgIpc) is 2.72. The zero-order valence-corrected chi connectivity index (χ0v) is 9.48. The Kier molecular flexibility index (Phi) is 2.36. The summed E-state index contributed by atoms with van der Waals surface area (Å²) in [6.45, 7) is 1.12. The molecule has 2 aromatic heterocycles. The summed E-state index contributed by atoms with van der Waals surface area (Å²) in [6, 6.07) is 2.68. The fourth-order valence-corrected chi connectivity index (χ4v) is 2.39. The Hall–Kier alpha value is -1.42. The molecule has 16 heavy (non-hydrogen) atoms. The molecule has 2 aromatic rings. The lowest BCUT2D eigenvalue weighted by molar-refractivity contribution is 0.412. The van der Waals surface area contributed by atoms with Crippen LogP contribution in [0.3, 0.4) is 0 Å². The molecule has 1 aliphatic rings. The zero-order valence-electron chi connectivity index (χ0n) is 9.48. The topological polar surface area (TPSA) is 42.7 Å². The van der Waals surface area contributed by atoms with Gasteiger partial charge in [0.2, 0.25) is 0 Å². The van der Waals surface area contributed by atoms with Crippen molar-refractivity contribution in [2.75, 3.05) is 6.54 Å². The predicted octanol–water partition coefficient (Wildman–Crippen LogP) is 1.78. The average molecular weight is 216 g/mol. The van der Waals surface area contributed by atoms with Crippen molar-refractivity contribution in [2.24, 2.45) is 7.05 Å². The maximum atomic E-state index is 4.48. The number of hydrogen-bond donors (Lipinski definition) is 1. The van der Waals surface area contributed by atoms with E-state index < -0.39 is 0 Å². The highest BCUT2D eigenvalue weighted by Gasteiger charge is 2.15. The van der Waals surface area contributed by atoms with Crippen molar-refractivity contribution in [1.29, 1.82) is 0 Å². The van der Waals surface area contributed by atoms with Gasteiger partial charge in [-0.3, -0.25) is 4.68 Å². The van der Waals surface area contributed by atoms with Crippen molar-refractivity contribution in [3.05, 3.63) is 24.0 Å². The third-order valence-corrected chi connectivity index (χ3v) is 3.31. The minimum absolute atomic E-state index is 0.478. The van der Waals surface area contributed by atoms with Gasteiger partial charge in [-0.1, -0.05) is 6.42 Å². The van der Waals surface area contributed by atoms with Gasteiger partial charge in [-0.15, -0.1) is 0 Å². The Morgan fingerprint density at radius 1 is 1.38 bits per heavy atom. The highest BCUT2D eigenvalue weighted by atomic mass is 15.3. The van der Waals surface area contributed by atoms with Crippen LogP contribution in [0.5, 0.6) is 0 Å². The monoisotopic (exact) mass is 216 g/mol. The van der Waals surface area contributed by atoms with E-state index in [0.29, 0.717) is 6.04 Å². The van der Waals surface area contributed by atoms with E-state index in [-0.39, 0.29) is 0 Å². The van der Waals surface area contributed by atoms with E-state index in [1.54, 1.807) is 0 Å². The van der Waals surface area contributed by atoms with Gasteiger partial charge in [-0.25, -0.2) is 4.98 Å². The normalized spacial score (nSPS) is 21.4. The minimum Gasteiger partial charge on any atom is -0.310 e. The molecule has 0 spiro atoms. The lowest BCUT2D eigenvalue weighted by Gasteiger charge is -2.23. The highest BCUT2D eigenvalue weighted by molar-refractivity contribution is 5.74. The zero-order chi connectivity index (χ0) is 11.0.